The number of amides is 1. The number of carbonyl (C=O) groups is 1. The molecule has 1 heterocycles. The van der Waals surface area contributed by atoms with Crippen molar-refractivity contribution in [3.8, 4) is 5.75 Å². The molecule has 3 N–H and O–H groups in total. The average Bonchev–Trinajstić information content (AvgIpc) is 2.32. The van der Waals surface area contributed by atoms with Gasteiger partial charge < -0.3 is 20.5 Å². The standard InChI is InChI=1S/C12H16N2O3/c13-9-3-5-10(6-4-9)17-11-2-1-7-14(8-11)12(15)16/h3-6,11H,1-2,7-8,13H2,(H,15,16). The maximum absolute atomic E-state index is 10.9. The van der Waals surface area contributed by atoms with Crippen LogP contribution in [0.25, 0.3) is 0 Å². The number of carboxylic acid groups (broad SMARTS) is 1. The van der Waals surface area contributed by atoms with Crippen molar-refractivity contribution in [2.45, 2.75) is 18.9 Å². The molecule has 1 aromatic rings. The monoisotopic (exact) mass is 236 g/mol. The third kappa shape index (κ3) is 3.03. The molecule has 5 heteroatoms. The van der Waals surface area contributed by atoms with Crippen molar-refractivity contribution < 1.29 is 14.6 Å². The van der Waals surface area contributed by atoms with Gasteiger partial charge in [-0.25, -0.2) is 4.79 Å². The molecule has 1 aliphatic heterocycles. The number of anilines is 1. The lowest BCUT2D eigenvalue weighted by molar-refractivity contribution is 0.0792. The van der Waals surface area contributed by atoms with Crippen molar-refractivity contribution in [1.82, 2.24) is 4.90 Å². The van der Waals surface area contributed by atoms with Gasteiger partial charge in [-0.05, 0) is 37.1 Å². The normalized spacial score (nSPS) is 20.0. The Morgan fingerprint density at radius 1 is 1.41 bits per heavy atom. The van der Waals surface area contributed by atoms with Crippen molar-refractivity contribution >= 4 is 11.8 Å². The van der Waals surface area contributed by atoms with E-state index in [4.69, 9.17) is 15.6 Å². The molecule has 0 radical (unpaired) electrons. The summed E-state index contributed by atoms with van der Waals surface area (Å²) in [4.78, 5) is 12.2. The van der Waals surface area contributed by atoms with Crippen LogP contribution in [-0.4, -0.2) is 35.3 Å². The highest BCUT2D eigenvalue weighted by atomic mass is 16.5. The molecular weight excluding hydrogens is 220 g/mol. The first-order chi connectivity index (χ1) is 8.15. The summed E-state index contributed by atoms with van der Waals surface area (Å²) in [6.07, 6.45) is 0.777. The number of likely N-dealkylation sites (tertiary alicyclic amines) is 1. The Bertz CT molecular complexity index is 391. The Morgan fingerprint density at radius 2 is 2.12 bits per heavy atom. The summed E-state index contributed by atoms with van der Waals surface area (Å²) in [6, 6.07) is 7.14. The molecule has 1 atom stereocenters. The van der Waals surface area contributed by atoms with Crippen LogP contribution in [0.1, 0.15) is 12.8 Å². The fourth-order valence-electron chi connectivity index (χ4n) is 1.95. The Kier molecular flexibility index (Phi) is 3.37. The molecule has 1 fully saturated rings. The molecule has 1 aliphatic rings. The van der Waals surface area contributed by atoms with E-state index in [2.05, 4.69) is 0 Å². The van der Waals surface area contributed by atoms with Crippen LogP contribution in [0.4, 0.5) is 10.5 Å². The topological polar surface area (TPSA) is 75.8 Å². The molecule has 1 saturated heterocycles. The second-order valence-electron chi connectivity index (χ2n) is 4.18. The van der Waals surface area contributed by atoms with Crippen LogP contribution in [0.5, 0.6) is 5.75 Å². The first-order valence-corrected chi connectivity index (χ1v) is 5.65. The number of rotatable bonds is 2. The summed E-state index contributed by atoms with van der Waals surface area (Å²) in [5, 5.41) is 8.91. The summed E-state index contributed by atoms with van der Waals surface area (Å²) < 4.78 is 5.73. The summed E-state index contributed by atoms with van der Waals surface area (Å²) in [6.45, 7) is 1.02. The number of nitrogen functional groups attached to an aromatic ring is 1. The Hall–Kier alpha value is -1.91. The van der Waals surface area contributed by atoms with E-state index in [1.54, 1.807) is 24.3 Å². The highest BCUT2D eigenvalue weighted by molar-refractivity contribution is 5.65. The van der Waals surface area contributed by atoms with Crippen molar-refractivity contribution in [2.24, 2.45) is 0 Å². The van der Waals surface area contributed by atoms with Gasteiger partial charge in [-0.2, -0.15) is 0 Å². The van der Waals surface area contributed by atoms with E-state index in [1.165, 1.54) is 4.90 Å². The van der Waals surface area contributed by atoms with Gasteiger partial charge in [0.25, 0.3) is 0 Å². The zero-order chi connectivity index (χ0) is 12.3. The molecule has 1 unspecified atom stereocenters. The van der Waals surface area contributed by atoms with Gasteiger partial charge in [0.05, 0.1) is 6.54 Å². The molecule has 17 heavy (non-hydrogen) atoms. The molecule has 2 rings (SSSR count). The van der Waals surface area contributed by atoms with E-state index in [1.807, 2.05) is 0 Å². The van der Waals surface area contributed by atoms with Crippen molar-refractivity contribution in [1.29, 1.82) is 0 Å². The molecule has 0 aromatic heterocycles. The van der Waals surface area contributed by atoms with Crippen LogP contribution in [0, 0.1) is 0 Å². The van der Waals surface area contributed by atoms with Gasteiger partial charge >= 0.3 is 6.09 Å². The summed E-state index contributed by atoms with van der Waals surface area (Å²) in [5.41, 5.74) is 6.27. The lowest BCUT2D eigenvalue weighted by Crippen LogP contribution is -2.43. The van der Waals surface area contributed by atoms with Gasteiger partial charge in [-0.15, -0.1) is 0 Å². The average molecular weight is 236 g/mol. The number of hydrogen-bond acceptors (Lipinski definition) is 3. The highest BCUT2D eigenvalue weighted by Crippen LogP contribution is 2.19. The maximum Gasteiger partial charge on any atom is 0.407 e. The highest BCUT2D eigenvalue weighted by Gasteiger charge is 2.24. The van der Waals surface area contributed by atoms with Crippen molar-refractivity contribution in [3.63, 3.8) is 0 Å². The Balaban J connectivity index is 1.94. The van der Waals surface area contributed by atoms with Crippen LogP contribution in [-0.2, 0) is 0 Å². The molecule has 1 aromatic carbocycles. The van der Waals surface area contributed by atoms with E-state index >= 15 is 0 Å². The lowest BCUT2D eigenvalue weighted by atomic mass is 10.1. The van der Waals surface area contributed by atoms with Crippen LogP contribution in [0.2, 0.25) is 0 Å². The van der Waals surface area contributed by atoms with Crippen LogP contribution < -0.4 is 10.5 Å². The summed E-state index contributed by atoms with van der Waals surface area (Å²) in [7, 11) is 0. The van der Waals surface area contributed by atoms with Gasteiger partial charge in [-0.3, -0.25) is 0 Å². The van der Waals surface area contributed by atoms with E-state index in [0.717, 1.165) is 18.6 Å². The molecule has 0 aliphatic carbocycles. The molecule has 0 bridgehead atoms. The van der Waals surface area contributed by atoms with E-state index < -0.39 is 6.09 Å². The van der Waals surface area contributed by atoms with Gasteiger partial charge in [-0.1, -0.05) is 0 Å². The minimum Gasteiger partial charge on any atom is -0.489 e. The van der Waals surface area contributed by atoms with Crippen molar-refractivity contribution in [3.05, 3.63) is 24.3 Å². The number of benzene rings is 1. The molecule has 5 nitrogen and oxygen atoms in total. The predicted molar refractivity (Wildman–Crippen MR) is 64.1 cm³/mol. The SMILES string of the molecule is Nc1ccc(OC2CCCN(C(=O)O)C2)cc1. The van der Waals surface area contributed by atoms with Crippen LogP contribution in [0.3, 0.4) is 0 Å². The lowest BCUT2D eigenvalue weighted by Gasteiger charge is -2.30. The van der Waals surface area contributed by atoms with Crippen LogP contribution >= 0.6 is 0 Å². The summed E-state index contributed by atoms with van der Waals surface area (Å²) >= 11 is 0. The Labute approximate surface area is 99.8 Å². The fourth-order valence-corrected chi connectivity index (χ4v) is 1.95. The zero-order valence-corrected chi connectivity index (χ0v) is 9.50. The Morgan fingerprint density at radius 3 is 2.76 bits per heavy atom. The number of nitrogens with zero attached hydrogens (tertiary/aromatic N) is 1. The van der Waals surface area contributed by atoms with Gasteiger partial charge in [0, 0.05) is 12.2 Å². The summed E-state index contributed by atoms with van der Waals surface area (Å²) in [5.74, 6) is 0.733. The third-order valence-electron chi connectivity index (χ3n) is 2.83. The third-order valence-corrected chi connectivity index (χ3v) is 2.83. The largest absolute Gasteiger partial charge is 0.489 e. The number of hydrogen-bond donors (Lipinski definition) is 2. The smallest absolute Gasteiger partial charge is 0.407 e. The quantitative estimate of drug-likeness (QED) is 0.767. The molecular formula is C12H16N2O3. The van der Waals surface area contributed by atoms with E-state index in [-0.39, 0.29) is 6.10 Å². The van der Waals surface area contributed by atoms with E-state index in [9.17, 15) is 4.79 Å². The van der Waals surface area contributed by atoms with Crippen molar-refractivity contribution in [2.75, 3.05) is 18.8 Å². The molecule has 0 saturated carbocycles. The first kappa shape index (κ1) is 11.6. The minimum absolute atomic E-state index is 0.0662. The first-order valence-electron chi connectivity index (χ1n) is 5.65. The number of nitrogens with two attached hydrogens (primary N) is 1. The second-order valence-corrected chi connectivity index (χ2v) is 4.18. The minimum atomic E-state index is -0.879. The molecule has 1 amide bonds. The van der Waals surface area contributed by atoms with Gasteiger partial charge in [0.1, 0.15) is 11.9 Å². The zero-order valence-electron chi connectivity index (χ0n) is 9.50. The van der Waals surface area contributed by atoms with Gasteiger partial charge in [0.15, 0.2) is 0 Å². The second kappa shape index (κ2) is 4.95. The molecule has 92 valence electrons. The molecule has 0 spiro atoms. The predicted octanol–water partition coefficient (Wildman–Crippen LogP) is 1.79. The maximum atomic E-state index is 10.9. The van der Waals surface area contributed by atoms with Gasteiger partial charge in [0.2, 0.25) is 0 Å². The van der Waals surface area contributed by atoms with E-state index in [0.29, 0.717) is 18.8 Å². The van der Waals surface area contributed by atoms with Crippen LogP contribution in [0.15, 0.2) is 24.3 Å². The fraction of sp³-hybridized carbons (Fsp3) is 0.417. The number of piperidine rings is 1. The number of ether oxygens (including phenoxy) is 1.